The van der Waals surface area contributed by atoms with E-state index in [9.17, 15) is 5.11 Å². The monoisotopic (exact) mass is 692 g/mol. The molecular formula is C22H28OS12. The Hall–Kier alpha value is 2.21. The average Bonchev–Trinajstić information content (AvgIpc) is 3.57. The fraction of sp³-hybridized carbons (Fsp3) is 0.455. The van der Waals surface area contributed by atoms with Gasteiger partial charge in [-0.3, -0.25) is 0 Å². The Kier molecular flexibility index (Phi) is 12.9. The van der Waals surface area contributed by atoms with Crippen molar-refractivity contribution in [3.8, 4) is 0 Å². The lowest BCUT2D eigenvalue weighted by atomic mass is 9.84. The molecule has 3 heterocycles. The molecule has 194 valence electrons. The van der Waals surface area contributed by atoms with Gasteiger partial charge in [0.15, 0.2) is 0 Å². The highest BCUT2D eigenvalue weighted by molar-refractivity contribution is 8.05. The first-order valence-corrected chi connectivity index (χ1v) is 23.4. The van der Waals surface area contributed by atoms with Gasteiger partial charge in [0, 0.05) is 31.4 Å². The van der Waals surface area contributed by atoms with Crippen molar-refractivity contribution in [3.63, 3.8) is 0 Å². The summed E-state index contributed by atoms with van der Waals surface area (Å²) in [5.74, 6) is 0. The van der Waals surface area contributed by atoms with Gasteiger partial charge in [0.2, 0.25) is 0 Å². The second-order valence-corrected chi connectivity index (χ2v) is 18.7. The van der Waals surface area contributed by atoms with Crippen molar-refractivity contribution >= 4 is 140 Å². The predicted molar refractivity (Wildman–Crippen MR) is 181 cm³/mol. The molecule has 3 rings (SSSR count). The summed E-state index contributed by atoms with van der Waals surface area (Å²) in [5.41, 5.74) is 1.96. The third kappa shape index (κ3) is 5.70. The maximum Gasteiger partial charge on any atom is 0.149 e. The number of rotatable bonds is 12. The van der Waals surface area contributed by atoms with Crippen molar-refractivity contribution in [1.82, 2.24) is 0 Å². The van der Waals surface area contributed by atoms with E-state index < -0.39 is 5.60 Å². The number of thiophene rings is 3. The molecule has 3 aromatic heterocycles. The predicted octanol–water partition coefficient (Wildman–Crippen LogP) is 10.7. The zero-order valence-corrected chi connectivity index (χ0v) is 30.6. The van der Waals surface area contributed by atoms with Gasteiger partial charge in [0.05, 0.1) is 25.3 Å². The summed E-state index contributed by atoms with van der Waals surface area (Å²) < 4.78 is 7.45. The van der Waals surface area contributed by atoms with Crippen molar-refractivity contribution in [1.29, 1.82) is 0 Å². The van der Waals surface area contributed by atoms with Crippen LogP contribution in [-0.2, 0) is 5.60 Å². The van der Waals surface area contributed by atoms with Crippen LogP contribution in [0.2, 0.25) is 0 Å². The van der Waals surface area contributed by atoms with Gasteiger partial charge < -0.3 is 5.11 Å². The van der Waals surface area contributed by atoms with Crippen LogP contribution in [0.3, 0.4) is 0 Å². The second kappa shape index (κ2) is 14.2. The zero-order chi connectivity index (χ0) is 25.9. The second-order valence-electron chi connectivity index (χ2n) is 6.69. The molecule has 0 aliphatic heterocycles. The van der Waals surface area contributed by atoms with E-state index in [0.29, 0.717) is 0 Å². The average molecular weight is 693 g/mol. The van der Waals surface area contributed by atoms with Gasteiger partial charge in [0.1, 0.15) is 5.60 Å². The quantitative estimate of drug-likeness (QED) is 0.184. The van der Waals surface area contributed by atoms with E-state index >= 15 is 0 Å². The zero-order valence-electron chi connectivity index (χ0n) is 20.8. The van der Waals surface area contributed by atoms with Gasteiger partial charge in [-0.15, -0.1) is 140 Å². The summed E-state index contributed by atoms with van der Waals surface area (Å²) in [6.45, 7) is 0. The van der Waals surface area contributed by atoms with Crippen LogP contribution in [0.1, 0.15) is 16.7 Å². The molecule has 1 N–H and O–H groups in total. The Morgan fingerprint density at radius 2 is 0.629 bits per heavy atom. The molecule has 13 heteroatoms. The lowest BCUT2D eigenvalue weighted by Crippen LogP contribution is -2.31. The van der Waals surface area contributed by atoms with Gasteiger partial charge >= 0.3 is 0 Å². The molecule has 0 aliphatic rings. The van der Waals surface area contributed by atoms with Crippen molar-refractivity contribution < 1.29 is 5.11 Å². The molecule has 0 amide bonds. The fourth-order valence-corrected chi connectivity index (χ4v) is 17.0. The Bertz CT molecular complexity index is 1020. The maximum absolute atomic E-state index is 13.5. The molecular weight excluding hydrogens is 665 g/mol. The minimum atomic E-state index is -1.25. The van der Waals surface area contributed by atoms with Crippen LogP contribution in [-0.4, -0.2) is 61.4 Å². The van der Waals surface area contributed by atoms with Crippen LogP contribution < -0.4 is 0 Å². The Morgan fingerprint density at radius 3 is 0.800 bits per heavy atom. The van der Waals surface area contributed by atoms with Gasteiger partial charge in [-0.05, 0) is 56.3 Å². The maximum atomic E-state index is 13.5. The van der Waals surface area contributed by atoms with Crippen LogP contribution in [0, 0.1) is 0 Å². The standard InChI is InChI=1S/C22H28OS12/c1-24-13-10(16(27-4)33-19(13)30-7)22(23,11-14(25-2)20(31-8)34-17(11)28-5)12-15(26-3)21(32-9)35-18(12)29-6/h23H,1-9H3. The highest BCUT2D eigenvalue weighted by Gasteiger charge is 2.48. The highest BCUT2D eigenvalue weighted by atomic mass is 32.2. The number of hydrogen-bond donors (Lipinski definition) is 1. The van der Waals surface area contributed by atoms with Crippen molar-refractivity contribution in [3.05, 3.63) is 16.7 Å². The van der Waals surface area contributed by atoms with E-state index in [1.54, 1.807) is 106 Å². The Morgan fingerprint density at radius 1 is 0.400 bits per heavy atom. The van der Waals surface area contributed by atoms with Gasteiger partial charge in [0.25, 0.3) is 0 Å². The molecule has 0 aromatic carbocycles. The summed E-state index contributed by atoms with van der Waals surface area (Å²) in [5, 5.41) is 13.5. The van der Waals surface area contributed by atoms with Crippen molar-refractivity contribution in [2.45, 2.75) is 45.5 Å². The molecule has 3 aromatic rings. The molecule has 0 saturated heterocycles. The lowest BCUT2D eigenvalue weighted by Gasteiger charge is -2.33. The van der Waals surface area contributed by atoms with Gasteiger partial charge in [-0.1, -0.05) is 0 Å². The topological polar surface area (TPSA) is 20.2 Å². The third-order valence-corrected chi connectivity index (χ3v) is 18.7. The summed E-state index contributed by atoms with van der Waals surface area (Å²) in [7, 11) is 0. The Labute approximate surface area is 260 Å². The molecule has 0 aliphatic carbocycles. The molecule has 0 fully saturated rings. The van der Waals surface area contributed by atoms with E-state index in [1.165, 1.54) is 39.9 Å². The molecule has 1 nitrogen and oxygen atoms in total. The fourth-order valence-electron chi connectivity index (χ4n) is 3.83. The molecule has 0 saturated carbocycles. The minimum Gasteiger partial charge on any atom is -0.376 e. The van der Waals surface area contributed by atoms with Gasteiger partial charge in [-0.2, -0.15) is 0 Å². The molecule has 0 unspecified atom stereocenters. The van der Waals surface area contributed by atoms with Gasteiger partial charge in [-0.25, -0.2) is 0 Å². The molecule has 0 atom stereocenters. The van der Waals surface area contributed by atoms with Crippen LogP contribution in [0.25, 0.3) is 0 Å². The summed E-state index contributed by atoms with van der Waals surface area (Å²) >= 11 is 21.4. The number of aliphatic hydroxyl groups is 1. The SMILES string of the molecule is CSc1sc(SC)c(C(O)(c2c(SC)sc(SC)c2SC)c2c(SC)sc(SC)c2SC)c1SC. The summed E-state index contributed by atoms with van der Waals surface area (Å²) in [6.07, 6.45) is 19.3. The lowest BCUT2D eigenvalue weighted by molar-refractivity contribution is 0.110. The molecule has 0 radical (unpaired) electrons. The number of hydrogen-bond acceptors (Lipinski definition) is 13. The molecule has 0 bridgehead atoms. The molecule has 35 heavy (non-hydrogen) atoms. The van der Waals surface area contributed by atoms with Crippen LogP contribution in [0.4, 0.5) is 0 Å². The number of thioether (sulfide) groups is 9. The first kappa shape index (κ1) is 31.7. The Balaban J connectivity index is 2.64. The van der Waals surface area contributed by atoms with E-state index in [-0.39, 0.29) is 0 Å². The minimum absolute atomic E-state index is 1.07. The molecule has 0 spiro atoms. The van der Waals surface area contributed by atoms with Crippen LogP contribution in [0.15, 0.2) is 39.9 Å². The first-order chi connectivity index (χ1) is 16.9. The summed E-state index contributed by atoms with van der Waals surface area (Å²) in [4.78, 5) is 3.63. The van der Waals surface area contributed by atoms with E-state index in [1.807, 2.05) is 34.0 Å². The van der Waals surface area contributed by atoms with Crippen LogP contribution >= 0.6 is 140 Å². The highest BCUT2D eigenvalue weighted by Crippen LogP contribution is 2.61. The smallest absolute Gasteiger partial charge is 0.149 e. The van der Waals surface area contributed by atoms with E-state index in [2.05, 4.69) is 56.3 Å². The third-order valence-electron chi connectivity index (χ3n) is 5.22. The van der Waals surface area contributed by atoms with Crippen molar-refractivity contribution in [2.75, 3.05) is 56.3 Å². The van der Waals surface area contributed by atoms with Crippen LogP contribution in [0.5, 0.6) is 0 Å². The van der Waals surface area contributed by atoms with E-state index in [0.717, 1.165) is 16.7 Å². The summed E-state index contributed by atoms with van der Waals surface area (Å²) in [6, 6.07) is 0. The largest absolute Gasteiger partial charge is 0.376 e. The normalized spacial score (nSPS) is 12.2. The van der Waals surface area contributed by atoms with E-state index in [4.69, 9.17) is 0 Å². The first-order valence-electron chi connectivity index (χ1n) is 9.96. The van der Waals surface area contributed by atoms with Crippen molar-refractivity contribution in [2.24, 2.45) is 0 Å².